The van der Waals surface area contributed by atoms with Crippen molar-refractivity contribution in [1.82, 2.24) is 0 Å². The van der Waals surface area contributed by atoms with E-state index < -0.39 is 0 Å². The number of rotatable bonds is 7. The molecule has 0 heterocycles. The van der Waals surface area contributed by atoms with Gasteiger partial charge in [0.2, 0.25) is 0 Å². The molecule has 0 fully saturated rings. The van der Waals surface area contributed by atoms with Gasteiger partial charge in [-0.15, -0.1) is 0 Å². The first kappa shape index (κ1) is 14.0. The van der Waals surface area contributed by atoms with Crippen molar-refractivity contribution < 1.29 is 9.53 Å². The van der Waals surface area contributed by atoms with Crippen molar-refractivity contribution in [2.24, 2.45) is 5.92 Å². The Hall–Kier alpha value is -0.0200. The van der Waals surface area contributed by atoms with E-state index >= 15 is 0 Å². The van der Waals surface area contributed by atoms with Crippen LogP contribution in [0.2, 0.25) is 0 Å². The first-order valence-corrected chi connectivity index (χ1v) is 6.26. The van der Waals surface area contributed by atoms with E-state index in [2.05, 4.69) is 20.8 Å². The van der Waals surface area contributed by atoms with Gasteiger partial charge in [-0.2, -0.15) is 0 Å². The van der Waals surface area contributed by atoms with E-state index in [0.717, 1.165) is 25.2 Å². The molecule has 0 bridgehead atoms. The summed E-state index contributed by atoms with van der Waals surface area (Å²) in [5.41, 5.74) is 0. The van der Waals surface area contributed by atoms with Crippen molar-refractivity contribution in [3.05, 3.63) is 0 Å². The number of thioether (sulfide) groups is 1. The Balaban J connectivity index is 3.27. The van der Waals surface area contributed by atoms with E-state index in [-0.39, 0.29) is 11.2 Å². The molecule has 0 amide bonds. The maximum absolute atomic E-state index is 10.7. The van der Waals surface area contributed by atoms with E-state index in [4.69, 9.17) is 4.74 Å². The number of carbonyl (C=O) groups excluding carboxylic acids is 1. The molecule has 0 aromatic heterocycles. The Bertz CT molecular complexity index is 157. The summed E-state index contributed by atoms with van der Waals surface area (Å²) in [5, 5.41) is 0.194. The van der Waals surface area contributed by atoms with E-state index in [9.17, 15) is 4.79 Å². The minimum atomic E-state index is 0.194. The standard InChI is InChI=1S/C11H22O2S/c1-9(2)5-7-13-10(3)6-8-14-11(4)12/h9-10H,5-8H2,1-4H3. The molecule has 14 heavy (non-hydrogen) atoms. The lowest BCUT2D eigenvalue weighted by atomic mass is 10.1. The van der Waals surface area contributed by atoms with Gasteiger partial charge >= 0.3 is 0 Å². The second kappa shape index (κ2) is 8.30. The van der Waals surface area contributed by atoms with Crippen molar-refractivity contribution in [1.29, 1.82) is 0 Å². The molecule has 0 aromatic rings. The molecule has 0 spiro atoms. The summed E-state index contributed by atoms with van der Waals surface area (Å²) in [6.07, 6.45) is 2.35. The summed E-state index contributed by atoms with van der Waals surface area (Å²) >= 11 is 1.38. The van der Waals surface area contributed by atoms with Crippen LogP contribution in [-0.2, 0) is 9.53 Å². The second-order valence-electron chi connectivity index (χ2n) is 3.99. The average Bonchev–Trinajstić information content (AvgIpc) is 2.02. The molecule has 0 saturated heterocycles. The Morgan fingerprint density at radius 3 is 2.43 bits per heavy atom. The highest BCUT2D eigenvalue weighted by Gasteiger charge is 2.03. The largest absolute Gasteiger partial charge is 0.378 e. The summed E-state index contributed by atoms with van der Waals surface area (Å²) < 4.78 is 5.61. The van der Waals surface area contributed by atoms with Gasteiger partial charge in [0.05, 0.1) is 6.10 Å². The topological polar surface area (TPSA) is 26.3 Å². The summed E-state index contributed by atoms with van der Waals surface area (Å²) in [5.74, 6) is 1.58. The minimum Gasteiger partial charge on any atom is -0.378 e. The van der Waals surface area contributed by atoms with Crippen LogP contribution >= 0.6 is 11.8 Å². The van der Waals surface area contributed by atoms with Gasteiger partial charge in [-0.05, 0) is 25.7 Å². The maximum Gasteiger partial charge on any atom is 0.185 e. The molecule has 0 N–H and O–H groups in total. The van der Waals surface area contributed by atoms with Gasteiger partial charge in [0.25, 0.3) is 0 Å². The van der Waals surface area contributed by atoms with Crippen LogP contribution in [0.3, 0.4) is 0 Å². The van der Waals surface area contributed by atoms with Crippen molar-refractivity contribution in [2.45, 2.75) is 46.6 Å². The predicted molar refractivity (Wildman–Crippen MR) is 62.6 cm³/mol. The third-order valence-electron chi connectivity index (χ3n) is 1.93. The van der Waals surface area contributed by atoms with Crippen LogP contribution in [0.25, 0.3) is 0 Å². The number of ether oxygens (including phenoxy) is 1. The van der Waals surface area contributed by atoms with E-state index in [1.165, 1.54) is 11.8 Å². The fraction of sp³-hybridized carbons (Fsp3) is 0.909. The van der Waals surface area contributed by atoms with Gasteiger partial charge in [0.15, 0.2) is 5.12 Å². The molecule has 0 aliphatic heterocycles. The van der Waals surface area contributed by atoms with E-state index in [1.54, 1.807) is 6.92 Å². The molecule has 0 aromatic carbocycles. The molecule has 1 atom stereocenters. The van der Waals surface area contributed by atoms with Crippen LogP contribution in [0.5, 0.6) is 0 Å². The third kappa shape index (κ3) is 10.1. The molecule has 0 aliphatic rings. The molecular weight excluding hydrogens is 196 g/mol. The van der Waals surface area contributed by atoms with Gasteiger partial charge in [-0.25, -0.2) is 0 Å². The molecule has 3 heteroatoms. The van der Waals surface area contributed by atoms with Gasteiger partial charge < -0.3 is 4.74 Å². The fourth-order valence-electron chi connectivity index (χ4n) is 0.957. The quantitative estimate of drug-likeness (QED) is 0.657. The number of hydrogen-bond acceptors (Lipinski definition) is 3. The van der Waals surface area contributed by atoms with Gasteiger partial charge in [0.1, 0.15) is 0 Å². The van der Waals surface area contributed by atoms with Crippen molar-refractivity contribution in [2.75, 3.05) is 12.4 Å². The zero-order chi connectivity index (χ0) is 11.0. The normalized spacial score (nSPS) is 13.2. The first-order chi connectivity index (χ1) is 6.52. The second-order valence-corrected chi connectivity index (χ2v) is 5.26. The molecule has 2 nitrogen and oxygen atoms in total. The molecule has 1 unspecified atom stereocenters. The zero-order valence-corrected chi connectivity index (χ0v) is 10.5. The molecule has 0 rings (SSSR count). The number of carbonyl (C=O) groups is 1. The molecule has 0 aliphatic carbocycles. The van der Waals surface area contributed by atoms with Crippen molar-refractivity contribution in [3.63, 3.8) is 0 Å². The van der Waals surface area contributed by atoms with Crippen LogP contribution in [0.1, 0.15) is 40.5 Å². The highest BCUT2D eigenvalue weighted by molar-refractivity contribution is 8.13. The first-order valence-electron chi connectivity index (χ1n) is 5.27. The van der Waals surface area contributed by atoms with Crippen LogP contribution in [-0.4, -0.2) is 23.6 Å². The summed E-state index contributed by atoms with van der Waals surface area (Å²) in [7, 11) is 0. The van der Waals surface area contributed by atoms with Gasteiger partial charge in [-0.3, -0.25) is 4.79 Å². The highest BCUT2D eigenvalue weighted by atomic mass is 32.2. The van der Waals surface area contributed by atoms with Gasteiger partial charge in [0, 0.05) is 19.3 Å². The summed E-state index contributed by atoms with van der Waals surface area (Å²) in [6, 6.07) is 0. The lowest BCUT2D eigenvalue weighted by Gasteiger charge is -2.13. The molecule has 0 saturated carbocycles. The minimum absolute atomic E-state index is 0.194. The SMILES string of the molecule is CC(=O)SCCC(C)OCCC(C)C. The average molecular weight is 218 g/mol. The molecule has 84 valence electrons. The summed E-state index contributed by atoms with van der Waals surface area (Å²) in [4.78, 5) is 10.7. The van der Waals surface area contributed by atoms with E-state index in [0.29, 0.717) is 5.92 Å². The van der Waals surface area contributed by atoms with E-state index in [1.807, 2.05) is 0 Å². The monoisotopic (exact) mass is 218 g/mol. The van der Waals surface area contributed by atoms with Crippen LogP contribution in [0, 0.1) is 5.92 Å². The Labute approximate surface area is 91.8 Å². The molecule has 0 radical (unpaired) electrons. The Morgan fingerprint density at radius 1 is 1.29 bits per heavy atom. The smallest absolute Gasteiger partial charge is 0.185 e. The van der Waals surface area contributed by atoms with Crippen LogP contribution in [0.4, 0.5) is 0 Å². The predicted octanol–water partition coefficient (Wildman–Crippen LogP) is 3.11. The third-order valence-corrected chi connectivity index (χ3v) is 2.77. The van der Waals surface area contributed by atoms with Crippen LogP contribution < -0.4 is 0 Å². The fourth-order valence-corrected chi connectivity index (χ4v) is 1.69. The number of hydrogen-bond donors (Lipinski definition) is 0. The highest BCUT2D eigenvalue weighted by Crippen LogP contribution is 2.09. The summed E-state index contributed by atoms with van der Waals surface area (Å²) in [6.45, 7) is 8.90. The lowest BCUT2D eigenvalue weighted by molar-refractivity contribution is -0.109. The van der Waals surface area contributed by atoms with Crippen molar-refractivity contribution >= 4 is 16.9 Å². The lowest BCUT2D eigenvalue weighted by Crippen LogP contribution is -2.11. The Kier molecular flexibility index (Phi) is 8.29. The molecular formula is C11H22O2S. The zero-order valence-electron chi connectivity index (χ0n) is 9.71. The Morgan fingerprint density at radius 2 is 1.93 bits per heavy atom. The van der Waals surface area contributed by atoms with Gasteiger partial charge in [-0.1, -0.05) is 25.6 Å². The van der Waals surface area contributed by atoms with Crippen molar-refractivity contribution in [3.8, 4) is 0 Å². The maximum atomic E-state index is 10.7. The van der Waals surface area contributed by atoms with Crippen LogP contribution in [0.15, 0.2) is 0 Å².